The molecule has 0 bridgehead atoms. The first-order chi connectivity index (χ1) is 10.8. The van der Waals surface area contributed by atoms with Crippen molar-refractivity contribution in [3.63, 3.8) is 0 Å². The van der Waals surface area contributed by atoms with Gasteiger partial charge in [0.1, 0.15) is 12.1 Å². The van der Waals surface area contributed by atoms with Crippen LogP contribution in [-0.2, 0) is 9.53 Å². The van der Waals surface area contributed by atoms with Crippen LogP contribution in [0.5, 0.6) is 0 Å². The Balaban J connectivity index is 2.25. The minimum Gasteiger partial charge on any atom is -0.480 e. The number of nitrogens with one attached hydrogen (secondary N) is 1. The highest BCUT2D eigenvalue weighted by molar-refractivity contribution is 5.72. The molecule has 1 saturated carbocycles. The predicted molar refractivity (Wildman–Crippen MR) is 89.1 cm³/mol. The molecule has 6 heteroatoms. The number of carbonyl (C=O) groups excluding carboxylic acids is 1. The molecule has 1 rings (SSSR count). The molecule has 1 amide bonds. The number of unbranched alkanes of at least 4 members (excludes halogenated alkanes) is 1. The molecule has 0 aromatic rings. The lowest BCUT2D eigenvalue weighted by Gasteiger charge is -2.36. The second-order valence-electron chi connectivity index (χ2n) is 7.14. The van der Waals surface area contributed by atoms with E-state index in [0.29, 0.717) is 43.6 Å². The molecule has 0 heterocycles. The largest absolute Gasteiger partial charge is 0.480 e. The van der Waals surface area contributed by atoms with Gasteiger partial charge in [-0.1, -0.05) is 27.2 Å². The summed E-state index contributed by atoms with van der Waals surface area (Å²) in [4.78, 5) is 22.5. The van der Waals surface area contributed by atoms with Crippen molar-refractivity contribution in [1.29, 1.82) is 0 Å². The smallest absolute Gasteiger partial charge is 0.407 e. The molecule has 0 aromatic carbocycles. The number of alkyl carbamates (subject to hydrolysis) is 1. The summed E-state index contributed by atoms with van der Waals surface area (Å²) in [6, 6.07) is -0.822. The van der Waals surface area contributed by atoms with E-state index in [2.05, 4.69) is 26.1 Å². The standard InChI is InChI=1S/C17H32N2O4/c1-11(2)13-8-7-12(3)10-15(13)23-17(22)19-9-5-4-6-14(18)16(20)21/h11-15H,4-10,18H2,1-3H3,(H,19,22)(H,20,21)/t12-,13+,14+,15-/m1/s1. The molecular weight excluding hydrogens is 296 g/mol. The van der Waals surface area contributed by atoms with Gasteiger partial charge in [-0.3, -0.25) is 4.79 Å². The van der Waals surface area contributed by atoms with Crippen LogP contribution in [0, 0.1) is 17.8 Å². The van der Waals surface area contributed by atoms with E-state index in [-0.39, 0.29) is 12.2 Å². The number of amides is 1. The van der Waals surface area contributed by atoms with Crippen molar-refractivity contribution in [2.24, 2.45) is 23.5 Å². The van der Waals surface area contributed by atoms with Gasteiger partial charge in [0.25, 0.3) is 0 Å². The Morgan fingerprint density at radius 2 is 2.00 bits per heavy atom. The second-order valence-corrected chi connectivity index (χ2v) is 7.14. The van der Waals surface area contributed by atoms with Gasteiger partial charge in [0, 0.05) is 6.54 Å². The number of ether oxygens (including phenoxy) is 1. The topological polar surface area (TPSA) is 102 Å². The van der Waals surface area contributed by atoms with E-state index in [1.54, 1.807) is 0 Å². The zero-order valence-electron chi connectivity index (χ0n) is 14.6. The maximum atomic E-state index is 11.9. The third-order valence-electron chi connectivity index (χ3n) is 4.75. The summed E-state index contributed by atoms with van der Waals surface area (Å²) in [5.41, 5.74) is 5.43. The molecule has 0 aliphatic heterocycles. The molecule has 6 nitrogen and oxygen atoms in total. The summed E-state index contributed by atoms with van der Waals surface area (Å²) < 4.78 is 5.63. The van der Waals surface area contributed by atoms with Crippen LogP contribution >= 0.6 is 0 Å². The zero-order valence-corrected chi connectivity index (χ0v) is 14.6. The van der Waals surface area contributed by atoms with Gasteiger partial charge in [-0.25, -0.2) is 4.79 Å². The summed E-state index contributed by atoms with van der Waals surface area (Å²) in [6.45, 7) is 7.05. The van der Waals surface area contributed by atoms with E-state index in [0.717, 1.165) is 12.8 Å². The van der Waals surface area contributed by atoms with Crippen LogP contribution in [0.4, 0.5) is 4.79 Å². The van der Waals surface area contributed by atoms with E-state index >= 15 is 0 Å². The van der Waals surface area contributed by atoms with E-state index in [9.17, 15) is 9.59 Å². The molecule has 0 saturated heterocycles. The second kappa shape index (κ2) is 9.75. The number of carboxylic acid groups (broad SMARTS) is 1. The van der Waals surface area contributed by atoms with Crippen LogP contribution in [0.3, 0.4) is 0 Å². The van der Waals surface area contributed by atoms with E-state index in [1.807, 2.05) is 0 Å². The number of aliphatic carboxylic acids is 1. The summed E-state index contributed by atoms with van der Waals surface area (Å²) >= 11 is 0. The van der Waals surface area contributed by atoms with E-state index in [4.69, 9.17) is 15.6 Å². The molecule has 4 atom stereocenters. The Labute approximate surface area is 139 Å². The van der Waals surface area contributed by atoms with Crippen LogP contribution in [-0.4, -0.2) is 35.9 Å². The summed E-state index contributed by atoms with van der Waals surface area (Å²) in [5, 5.41) is 11.4. The van der Waals surface area contributed by atoms with Crippen molar-refractivity contribution in [3.8, 4) is 0 Å². The van der Waals surface area contributed by atoms with Crippen LogP contribution in [0.1, 0.15) is 59.3 Å². The first-order valence-corrected chi connectivity index (χ1v) is 8.74. The van der Waals surface area contributed by atoms with Crippen LogP contribution < -0.4 is 11.1 Å². The molecule has 1 aliphatic carbocycles. The molecule has 4 N–H and O–H groups in total. The van der Waals surface area contributed by atoms with Crippen molar-refractivity contribution in [2.45, 2.75) is 71.4 Å². The molecule has 0 aromatic heterocycles. The third kappa shape index (κ3) is 7.20. The minimum absolute atomic E-state index is 0.000757. The molecule has 1 aliphatic rings. The van der Waals surface area contributed by atoms with Crippen LogP contribution in [0.2, 0.25) is 0 Å². The highest BCUT2D eigenvalue weighted by Gasteiger charge is 2.33. The van der Waals surface area contributed by atoms with E-state index in [1.165, 1.54) is 6.42 Å². The molecule has 23 heavy (non-hydrogen) atoms. The first-order valence-electron chi connectivity index (χ1n) is 8.74. The predicted octanol–water partition coefficient (Wildman–Crippen LogP) is 2.76. The average Bonchev–Trinajstić information content (AvgIpc) is 2.46. The summed E-state index contributed by atoms with van der Waals surface area (Å²) in [5.74, 6) is 0.562. The highest BCUT2D eigenvalue weighted by atomic mass is 16.6. The van der Waals surface area contributed by atoms with Gasteiger partial charge < -0.3 is 20.9 Å². The van der Waals surface area contributed by atoms with Gasteiger partial charge >= 0.3 is 12.1 Å². The van der Waals surface area contributed by atoms with Crippen molar-refractivity contribution in [3.05, 3.63) is 0 Å². The SMILES string of the molecule is CC(C)[C@@H]1CC[C@@H](C)C[C@H]1OC(=O)NCCCC[C@H](N)C(=O)O. The van der Waals surface area contributed by atoms with Gasteiger partial charge in [-0.15, -0.1) is 0 Å². The quantitative estimate of drug-likeness (QED) is 0.595. The Morgan fingerprint density at radius 1 is 1.30 bits per heavy atom. The van der Waals surface area contributed by atoms with Gasteiger partial charge in [0.05, 0.1) is 0 Å². The maximum Gasteiger partial charge on any atom is 0.407 e. The first kappa shape index (κ1) is 19.7. The molecular formula is C17H32N2O4. The average molecular weight is 328 g/mol. The lowest BCUT2D eigenvalue weighted by molar-refractivity contribution is -0.138. The van der Waals surface area contributed by atoms with Crippen molar-refractivity contribution in [2.75, 3.05) is 6.54 Å². The van der Waals surface area contributed by atoms with E-state index < -0.39 is 12.0 Å². The number of hydrogen-bond donors (Lipinski definition) is 3. The summed E-state index contributed by atoms with van der Waals surface area (Å²) in [7, 11) is 0. The van der Waals surface area contributed by atoms with Crippen LogP contribution in [0.15, 0.2) is 0 Å². The van der Waals surface area contributed by atoms with Gasteiger partial charge in [0.15, 0.2) is 0 Å². The van der Waals surface area contributed by atoms with Gasteiger partial charge in [-0.2, -0.15) is 0 Å². The lowest BCUT2D eigenvalue weighted by atomic mass is 9.75. The fourth-order valence-corrected chi connectivity index (χ4v) is 3.23. The van der Waals surface area contributed by atoms with Crippen molar-refractivity contribution in [1.82, 2.24) is 5.32 Å². The molecule has 0 unspecified atom stereocenters. The zero-order chi connectivity index (χ0) is 17.4. The molecule has 134 valence electrons. The Hall–Kier alpha value is -1.30. The number of nitrogens with two attached hydrogens (primary N) is 1. The van der Waals surface area contributed by atoms with Gasteiger partial charge in [0.2, 0.25) is 0 Å². The number of carbonyl (C=O) groups is 2. The molecule has 1 fully saturated rings. The Bertz CT molecular complexity index is 387. The van der Waals surface area contributed by atoms with Crippen molar-refractivity contribution < 1.29 is 19.4 Å². The molecule has 0 spiro atoms. The van der Waals surface area contributed by atoms with Crippen LogP contribution in [0.25, 0.3) is 0 Å². The third-order valence-corrected chi connectivity index (χ3v) is 4.75. The fraction of sp³-hybridized carbons (Fsp3) is 0.882. The normalized spacial score (nSPS) is 25.9. The Kier molecular flexibility index (Phi) is 8.37. The number of rotatable bonds is 8. The fourth-order valence-electron chi connectivity index (χ4n) is 3.23. The number of hydrogen-bond acceptors (Lipinski definition) is 4. The Morgan fingerprint density at radius 3 is 2.61 bits per heavy atom. The molecule has 0 radical (unpaired) electrons. The minimum atomic E-state index is -0.983. The highest BCUT2D eigenvalue weighted by Crippen LogP contribution is 2.35. The lowest BCUT2D eigenvalue weighted by Crippen LogP contribution is -2.39. The van der Waals surface area contributed by atoms with Gasteiger partial charge in [-0.05, 0) is 49.9 Å². The maximum absolute atomic E-state index is 11.9. The monoisotopic (exact) mass is 328 g/mol. The number of carboxylic acids is 1. The van der Waals surface area contributed by atoms with Crippen molar-refractivity contribution >= 4 is 12.1 Å². The summed E-state index contributed by atoms with van der Waals surface area (Å²) in [6.07, 6.45) is 4.67.